The van der Waals surface area contributed by atoms with E-state index >= 15 is 4.39 Å². The maximum atomic E-state index is 15.1. The van der Waals surface area contributed by atoms with E-state index in [4.69, 9.17) is 10.5 Å². The van der Waals surface area contributed by atoms with Gasteiger partial charge in [0.25, 0.3) is 5.56 Å². The molecule has 30 heavy (non-hydrogen) atoms. The van der Waals surface area contributed by atoms with Crippen molar-refractivity contribution in [2.45, 2.75) is 19.0 Å². The molecule has 0 radical (unpaired) electrons. The van der Waals surface area contributed by atoms with Gasteiger partial charge in [-0.1, -0.05) is 12.1 Å². The molecule has 2 aromatic carbocycles. The number of ether oxygens (including phenoxy) is 1. The molecule has 0 saturated carbocycles. The number of fused-ring (bicyclic) bond motifs is 3. The standard InChI is InChI=1S/C23H22FN3O2S/c1-29-19-5-4-18-21(16-7-9-30-22(16)23(28)26-18)20(19)13-2-3-14(17(24)10-13)11-27-8-6-15(25)12-27/h2-5,7,9-10,15H,6,8,11-12,25H2,1H3,(H,26,28). The zero-order chi connectivity index (χ0) is 20.8. The second-order valence-corrected chi connectivity index (χ2v) is 8.69. The van der Waals surface area contributed by atoms with Gasteiger partial charge in [0, 0.05) is 53.1 Å². The lowest BCUT2D eigenvalue weighted by Crippen LogP contribution is -2.26. The van der Waals surface area contributed by atoms with Crippen molar-refractivity contribution < 1.29 is 9.13 Å². The first-order valence-electron chi connectivity index (χ1n) is 9.92. The average molecular weight is 424 g/mol. The van der Waals surface area contributed by atoms with E-state index in [2.05, 4.69) is 9.88 Å². The fraction of sp³-hybridized carbons (Fsp3) is 0.261. The molecule has 1 unspecified atom stereocenters. The second-order valence-electron chi connectivity index (χ2n) is 7.77. The van der Waals surface area contributed by atoms with Crippen LogP contribution in [-0.2, 0) is 6.54 Å². The van der Waals surface area contributed by atoms with Crippen LogP contribution in [0.3, 0.4) is 0 Å². The number of thiophene rings is 1. The predicted octanol–water partition coefficient (Wildman–Crippen LogP) is 4.09. The molecule has 5 rings (SSSR count). The Hall–Kier alpha value is -2.74. The highest BCUT2D eigenvalue weighted by molar-refractivity contribution is 7.17. The van der Waals surface area contributed by atoms with E-state index in [0.29, 0.717) is 28.1 Å². The first-order valence-corrected chi connectivity index (χ1v) is 10.8. The van der Waals surface area contributed by atoms with Gasteiger partial charge < -0.3 is 15.5 Å². The van der Waals surface area contributed by atoms with Gasteiger partial charge in [-0.05, 0) is 41.6 Å². The number of methoxy groups -OCH3 is 1. The van der Waals surface area contributed by atoms with Crippen molar-refractivity contribution in [1.29, 1.82) is 0 Å². The van der Waals surface area contributed by atoms with Crippen LogP contribution in [0, 0.1) is 5.82 Å². The molecule has 3 heterocycles. The van der Waals surface area contributed by atoms with Gasteiger partial charge >= 0.3 is 0 Å². The normalized spacial score (nSPS) is 17.2. The van der Waals surface area contributed by atoms with Crippen LogP contribution in [0.4, 0.5) is 4.39 Å². The molecule has 1 fully saturated rings. The van der Waals surface area contributed by atoms with Gasteiger partial charge in [0.1, 0.15) is 16.3 Å². The fourth-order valence-corrected chi connectivity index (χ4v) is 5.16. The average Bonchev–Trinajstić information content (AvgIpc) is 3.38. The molecule has 3 N–H and O–H groups in total. The molecular weight excluding hydrogens is 401 g/mol. The summed E-state index contributed by atoms with van der Waals surface area (Å²) in [4.78, 5) is 17.5. The number of nitrogens with two attached hydrogens (primary N) is 1. The first kappa shape index (κ1) is 19.2. The lowest BCUT2D eigenvalue weighted by atomic mass is 9.96. The Morgan fingerprint density at radius 1 is 1.30 bits per heavy atom. The number of pyridine rings is 1. The minimum Gasteiger partial charge on any atom is -0.496 e. The second kappa shape index (κ2) is 7.50. The van der Waals surface area contributed by atoms with Gasteiger partial charge in [-0.3, -0.25) is 9.69 Å². The minimum absolute atomic E-state index is 0.117. The molecule has 1 atom stereocenters. The van der Waals surface area contributed by atoms with Crippen molar-refractivity contribution in [1.82, 2.24) is 9.88 Å². The predicted molar refractivity (Wildman–Crippen MR) is 120 cm³/mol. The van der Waals surface area contributed by atoms with E-state index in [0.717, 1.165) is 41.4 Å². The summed E-state index contributed by atoms with van der Waals surface area (Å²) in [6.07, 6.45) is 0.946. The molecule has 0 bridgehead atoms. The number of nitrogens with one attached hydrogen (secondary N) is 1. The Labute approximate surface area is 176 Å². The largest absolute Gasteiger partial charge is 0.496 e. The van der Waals surface area contributed by atoms with Crippen LogP contribution in [0.5, 0.6) is 5.75 Å². The molecule has 154 valence electrons. The van der Waals surface area contributed by atoms with Crippen LogP contribution in [0.2, 0.25) is 0 Å². The summed E-state index contributed by atoms with van der Waals surface area (Å²) < 4.78 is 21.4. The molecule has 2 aromatic heterocycles. The first-order chi connectivity index (χ1) is 14.5. The highest BCUT2D eigenvalue weighted by atomic mass is 32.1. The lowest BCUT2D eigenvalue weighted by molar-refractivity contribution is 0.321. The summed E-state index contributed by atoms with van der Waals surface area (Å²) in [6, 6.07) is 11.1. The summed E-state index contributed by atoms with van der Waals surface area (Å²) in [5, 5.41) is 3.61. The summed E-state index contributed by atoms with van der Waals surface area (Å²) in [5.41, 5.74) is 8.72. The molecule has 7 heteroatoms. The van der Waals surface area contributed by atoms with Gasteiger partial charge in [-0.15, -0.1) is 11.3 Å². The number of likely N-dealkylation sites (tertiary alicyclic amines) is 1. The topological polar surface area (TPSA) is 71.4 Å². The molecule has 1 saturated heterocycles. The van der Waals surface area contributed by atoms with Crippen LogP contribution < -0.4 is 16.0 Å². The Kier molecular flexibility index (Phi) is 4.81. The smallest absolute Gasteiger partial charge is 0.266 e. The maximum Gasteiger partial charge on any atom is 0.266 e. The Balaban J connectivity index is 1.66. The summed E-state index contributed by atoms with van der Waals surface area (Å²) in [7, 11) is 1.60. The highest BCUT2D eigenvalue weighted by Crippen LogP contribution is 2.40. The third-order valence-electron chi connectivity index (χ3n) is 5.82. The third-order valence-corrected chi connectivity index (χ3v) is 6.73. The third kappa shape index (κ3) is 3.19. The summed E-state index contributed by atoms with van der Waals surface area (Å²) in [6.45, 7) is 2.24. The fourth-order valence-electron chi connectivity index (χ4n) is 4.36. The van der Waals surface area contributed by atoms with Crippen LogP contribution in [0.25, 0.3) is 32.1 Å². The van der Waals surface area contributed by atoms with Gasteiger partial charge in [0.2, 0.25) is 0 Å². The number of hydrogen-bond donors (Lipinski definition) is 2. The van der Waals surface area contributed by atoms with Gasteiger partial charge in [0.15, 0.2) is 0 Å². The summed E-state index contributed by atoms with van der Waals surface area (Å²) in [5.74, 6) is 0.387. The van der Waals surface area contributed by atoms with Crippen LogP contribution in [-0.4, -0.2) is 36.1 Å². The number of benzene rings is 2. The SMILES string of the molecule is COc1ccc2[nH]c(=O)c3sccc3c2c1-c1ccc(CN2CCC(N)C2)c(F)c1. The molecule has 0 amide bonds. The molecule has 0 spiro atoms. The zero-order valence-corrected chi connectivity index (χ0v) is 17.4. The number of halogens is 1. The molecule has 1 aliphatic rings. The van der Waals surface area contributed by atoms with Gasteiger partial charge in [-0.25, -0.2) is 4.39 Å². The van der Waals surface area contributed by atoms with E-state index in [1.807, 2.05) is 35.7 Å². The van der Waals surface area contributed by atoms with Crippen molar-refractivity contribution in [3.8, 4) is 16.9 Å². The number of aromatic nitrogens is 1. The van der Waals surface area contributed by atoms with E-state index in [1.165, 1.54) is 11.3 Å². The summed E-state index contributed by atoms with van der Waals surface area (Å²) >= 11 is 1.40. The quantitative estimate of drug-likeness (QED) is 0.519. The van der Waals surface area contributed by atoms with Crippen molar-refractivity contribution >= 4 is 32.3 Å². The highest BCUT2D eigenvalue weighted by Gasteiger charge is 2.21. The van der Waals surface area contributed by atoms with E-state index < -0.39 is 0 Å². The van der Waals surface area contributed by atoms with Gasteiger partial charge in [0.05, 0.1) is 7.11 Å². The van der Waals surface area contributed by atoms with E-state index in [9.17, 15) is 4.79 Å². The minimum atomic E-state index is -0.252. The Morgan fingerprint density at radius 3 is 2.90 bits per heavy atom. The Bertz CT molecular complexity index is 1310. The van der Waals surface area contributed by atoms with Crippen LogP contribution >= 0.6 is 11.3 Å². The monoisotopic (exact) mass is 423 g/mol. The number of rotatable bonds is 4. The van der Waals surface area contributed by atoms with Crippen molar-refractivity contribution in [3.63, 3.8) is 0 Å². The number of H-pyrrole nitrogens is 1. The van der Waals surface area contributed by atoms with Gasteiger partial charge in [-0.2, -0.15) is 0 Å². The number of nitrogens with zero attached hydrogens (tertiary/aromatic N) is 1. The Morgan fingerprint density at radius 2 is 2.17 bits per heavy atom. The van der Waals surface area contributed by atoms with Crippen LogP contribution in [0.1, 0.15) is 12.0 Å². The van der Waals surface area contributed by atoms with Crippen LogP contribution in [0.15, 0.2) is 46.6 Å². The molecule has 4 aromatic rings. The molecule has 1 aliphatic heterocycles. The van der Waals surface area contributed by atoms with E-state index in [-0.39, 0.29) is 17.4 Å². The number of hydrogen-bond acceptors (Lipinski definition) is 5. The van der Waals surface area contributed by atoms with Crippen molar-refractivity contribution in [2.75, 3.05) is 20.2 Å². The molecule has 5 nitrogen and oxygen atoms in total. The zero-order valence-electron chi connectivity index (χ0n) is 16.6. The molecular formula is C23H22FN3O2S. The van der Waals surface area contributed by atoms with E-state index in [1.54, 1.807) is 13.2 Å². The molecule has 0 aliphatic carbocycles. The lowest BCUT2D eigenvalue weighted by Gasteiger charge is -2.17. The van der Waals surface area contributed by atoms with Crippen molar-refractivity contribution in [2.24, 2.45) is 5.73 Å². The number of aromatic amines is 1. The maximum absolute atomic E-state index is 15.1. The van der Waals surface area contributed by atoms with Crippen molar-refractivity contribution in [3.05, 3.63) is 63.5 Å².